The fraction of sp³-hybridized carbons (Fsp3) is 0. The molecule has 2 heterocycles. The molecule has 4 heteroatoms. The number of rotatable bonds is 0. The zero-order valence-electron chi connectivity index (χ0n) is 10.8. The Kier molecular flexibility index (Phi) is 2.86. The van der Waals surface area contributed by atoms with E-state index >= 15 is 0 Å². The van der Waals surface area contributed by atoms with E-state index in [-0.39, 0.29) is 20.1 Å². The van der Waals surface area contributed by atoms with Gasteiger partial charge in [-0.1, -0.05) is 54.0 Å². The molecule has 5 aromatic rings. The van der Waals surface area contributed by atoms with E-state index in [0.29, 0.717) is 0 Å². The Morgan fingerprint density at radius 3 is 2.43 bits per heavy atom. The molecule has 0 bridgehead atoms. The average Bonchev–Trinajstić information content (AvgIpc) is 3.12. The third kappa shape index (κ3) is 1.64. The van der Waals surface area contributed by atoms with Crippen molar-refractivity contribution in [3.8, 4) is 0 Å². The molecule has 0 fully saturated rings. The van der Waals surface area contributed by atoms with Gasteiger partial charge in [0.05, 0.1) is 15.7 Å². The second kappa shape index (κ2) is 4.63. The number of aromatic nitrogens is 2. The van der Waals surface area contributed by atoms with Crippen LogP contribution in [0.3, 0.4) is 0 Å². The summed E-state index contributed by atoms with van der Waals surface area (Å²) >= 11 is 1.69. The molecule has 0 saturated carbocycles. The summed E-state index contributed by atoms with van der Waals surface area (Å²) in [6.45, 7) is 0. The Morgan fingerprint density at radius 1 is 0.857 bits per heavy atom. The minimum absolute atomic E-state index is 0. The molecule has 0 aliphatic rings. The Morgan fingerprint density at radius 2 is 1.57 bits per heavy atom. The van der Waals surface area contributed by atoms with Crippen molar-refractivity contribution in [2.75, 3.05) is 0 Å². The summed E-state index contributed by atoms with van der Waals surface area (Å²) < 4.78 is 1.23. The number of benzene rings is 3. The molecule has 2 nitrogen and oxygen atoms in total. The van der Waals surface area contributed by atoms with Gasteiger partial charge in [0.1, 0.15) is 0 Å². The van der Waals surface area contributed by atoms with Crippen molar-refractivity contribution in [1.29, 1.82) is 0 Å². The van der Waals surface area contributed by atoms with E-state index in [9.17, 15) is 0 Å². The fourth-order valence-corrected chi connectivity index (χ4v) is 3.86. The van der Waals surface area contributed by atoms with Crippen molar-refractivity contribution in [2.45, 2.75) is 0 Å². The molecule has 0 aliphatic carbocycles. The average molecular weight is 466 g/mol. The van der Waals surface area contributed by atoms with Gasteiger partial charge in [0, 0.05) is 25.5 Å². The normalized spacial score (nSPS) is 11.4. The number of fused-ring (bicyclic) bond motifs is 8. The predicted molar refractivity (Wildman–Crippen MR) is 85.5 cm³/mol. The molecule has 0 N–H and O–H groups in total. The van der Waals surface area contributed by atoms with E-state index in [1.807, 2.05) is 11.6 Å². The van der Waals surface area contributed by atoms with Crippen LogP contribution in [0.15, 0.2) is 54.0 Å². The third-order valence-electron chi connectivity index (χ3n) is 3.88. The number of hydrogen-bond donors (Lipinski definition) is 0. The van der Waals surface area contributed by atoms with E-state index in [0.717, 1.165) is 16.6 Å². The first kappa shape index (κ1) is 13.0. The van der Waals surface area contributed by atoms with Crippen molar-refractivity contribution in [2.24, 2.45) is 0 Å². The zero-order chi connectivity index (χ0) is 13.1. The van der Waals surface area contributed by atoms with Crippen LogP contribution in [0.25, 0.3) is 42.8 Å². The van der Waals surface area contributed by atoms with Gasteiger partial charge in [-0.05, 0) is 16.2 Å². The number of thiazole rings is 1. The van der Waals surface area contributed by atoms with Gasteiger partial charge in [-0.25, -0.2) is 4.98 Å². The summed E-state index contributed by atoms with van der Waals surface area (Å²) in [6, 6.07) is 16.9. The monoisotopic (exact) mass is 466 g/mol. The van der Waals surface area contributed by atoms with Crippen LogP contribution >= 0.6 is 11.3 Å². The van der Waals surface area contributed by atoms with Gasteiger partial charge in [0.25, 0.3) is 0 Å². The Hall–Kier alpha value is -1.74. The molecule has 21 heavy (non-hydrogen) atoms. The second-order valence-corrected chi connectivity index (χ2v) is 5.78. The molecule has 2 aromatic heterocycles. The van der Waals surface area contributed by atoms with Gasteiger partial charge in [-0.3, -0.25) is 0 Å². The number of para-hydroxylation sites is 1. The van der Waals surface area contributed by atoms with Crippen LogP contribution in [-0.4, -0.2) is 4.98 Å². The topological polar surface area (TPSA) is 27.0 Å². The first-order valence-electron chi connectivity index (χ1n) is 6.52. The second-order valence-electron chi connectivity index (χ2n) is 4.93. The van der Waals surface area contributed by atoms with Crippen LogP contribution < -0.4 is 4.98 Å². The van der Waals surface area contributed by atoms with Gasteiger partial charge in [0.2, 0.25) is 0 Å². The van der Waals surface area contributed by atoms with Crippen molar-refractivity contribution in [1.82, 2.24) is 9.97 Å². The summed E-state index contributed by atoms with van der Waals surface area (Å²) in [5.74, 6) is 0. The van der Waals surface area contributed by atoms with Crippen LogP contribution in [0.5, 0.6) is 0 Å². The van der Waals surface area contributed by atoms with Gasteiger partial charge < -0.3 is 4.98 Å². The summed E-state index contributed by atoms with van der Waals surface area (Å²) in [4.78, 5) is 9.36. The number of nitrogens with zero attached hydrogens (tertiary/aromatic N) is 2. The Balaban J connectivity index is 0.00000115. The van der Waals surface area contributed by atoms with Gasteiger partial charge in [0.15, 0.2) is 0 Å². The standard InChI is InChI=1S/C17H9N2S.Ir/c1-2-6-11-10(5-1)14-12-7-3-4-8-13(12)19-15(14)16-17(11)20-9-18-16;/h1-9H;/q-1;. The van der Waals surface area contributed by atoms with E-state index in [2.05, 4.69) is 47.4 Å². The maximum atomic E-state index is 4.81. The van der Waals surface area contributed by atoms with Crippen LogP contribution in [0.4, 0.5) is 0 Å². The predicted octanol–water partition coefficient (Wildman–Crippen LogP) is 4.71. The molecule has 0 spiro atoms. The van der Waals surface area contributed by atoms with E-state index < -0.39 is 0 Å². The summed E-state index contributed by atoms with van der Waals surface area (Å²) in [6.07, 6.45) is 0. The molecule has 0 unspecified atom stereocenters. The third-order valence-corrected chi connectivity index (χ3v) is 4.73. The van der Waals surface area contributed by atoms with Crippen LogP contribution in [-0.2, 0) is 20.1 Å². The maximum Gasteiger partial charge on any atom is 0.0804 e. The largest absolute Gasteiger partial charge is 0.655 e. The molecular weight excluding hydrogens is 456 g/mol. The van der Waals surface area contributed by atoms with E-state index in [1.165, 1.54) is 26.2 Å². The molecule has 0 atom stereocenters. The molecule has 0 aliphatic heterocycles. The van der Waals surface area contributed by atoms with Crippen molar-refractivity contribution >= 4 is 54.1 Å². The van der Waals surface area contributed by atoms with Crippen LogP contribution in [0.2, 0.25) is 0 Å². The SMILES string of the molecule is [Ir].c1ccc2c(c1)[n-]c1c3ncsc3c3ccccc3c21. The van der Waals surface area contributed by atoms with Crippen LogP contribution in [0.1, 0.15) is 0 Å². The first-order valence-corrected chi connectivity index (χ1v) is 7.40. The van der Waals surface area contributed by atoms with Gasteiger partial charge in [-0.2, -0.15) is 0 Å². The van der Waals surface area contributed by atoms with Crippen molar-refractivity contribution in [3.63, 3.8) is 0 Å². The van der Waals surface area contributed by atoms with E-state index in [1.54, 1.807) is 11.3 Å². The summed E-state index contributed by atoms with van der Waals surface area (Å²) in [7, 11) is 0. The molecule has 3 aromatic carbocycles. The molecule has 0 saturated heterocycles. The molecule has 103 valence electrons. The van der Waals surface area contributed by atoms with Gasteiger partial charge >= 0.3 is 0 Å². The minimum atomic E-state index is 0. The summed E-state index contributed by atoms with van der Waals surface area (Å²) in [5, 5.41) is 4.99. The van der Waals surface area contributed by atoms with Crippen molar-refractivity contribution in [3.05, 3.63) is 54.0 Å². The maximum absolute atomic E-state index is 4.81. The molecule has 0 amide bonds. The number of hydrogen-bond acceptors (Lipinski definition) is 2. The Labute approximate surface area is 138 Å². The molecular formula is C17H9IrN2S-. The minimum Gasteiger partial charge on any atom is -0.655 e. The van der Waals surface area contributed by atoms with Gasteiger partial charge in [-0.15, -0.1) is 16.9 Å². The van der Waals surface area contributed by atoms with Crippen molar-refractivity contribution < 1.29 is 20.1 Å². The van der Waals surface area contributed by atoms with Crippen LogP contribution in [0, 0.1) is 0 Å². The van der Waals surface area contributed by atoms with E-state index in [4.69, 9.17) is 4.98 Å². The molecule has 1 radical (unpaired) electrons. The summed E-state index contributed by atoms with van der Waals surface area (Å²) in [5.41, 5.74) is 5.02. The smallest absolute Gasteiger partial charge is 0.0804 e. The zero-order valence-corrected chi connectivity index (χ0v) is 14.0. The Bertz CT molecular complexity index is 1100. The first-order chi connectivity index (χ1) is 9.93. The quantitative estimate of drug-likeness (QED) is 0.331. The molecule has 5 rings (SSSR count). The fourth-order valence-electron chi connectivity index (χ4n) is 3.04.